The third-order valence-electron chi connectivity index (χ3n) is 14.1. The van der Waals surface area contributed by atoms with E-state index in [1.807, 2.05) is 0 Å². The molecule has 0 saturated carbocycles. The Labute approximate surface area is 490 Å². The molecule has 0 aromatic rings. The molecule has 80 heavy (non-hydrogen) atoms. The smallest absolute Gasteiger partial charge is 0.462 e. The van der Waals surface area contributed by atoms with Crippen LogP contribution in [0, 0.1) is 0 Å². The largest absolute Gasteiger partial charge is 0.472 e. The van der Waals surface area contributed by atoms with E-state index in [9.17, 15) is 28.9 Å². The minimum atomic E-state index is -4.76. The lowest BCUT2D eigenvalue weighted by atomic mass is 10.0. The molecule has 12 heteroatoms. The molecular weight excluding hydrogens is 1020 g/mol. The van der Waals surface area contributed by atoms with Crippen LogP contribution in [0.4, 0.5) is 0 Å². The maximum atomic E-state index is 13.0. The Morgan fingerprint density at radius 1 is 0.350 bits per heavy atom. The molecule has 3 unspecified atom stereocenters. The van der Waals surface area contributed by atoms with Crippen LogP contribution >= 0.6 is 7.82 Å². The van der Waals surface area contributed by atoms with Crippen molar-refractivity contribution < 1.29 is 52.2 Å². The Hall–Kier alpha value is -3.08. The van der Waals surface area contributed by atoms with Crippen LogP contribution in [-0.2, 0) is 42.2 Å². The number of carbonyl (C=O) groups excluding carboxylic acids is 3. The summed E-state index contributed by atoms with van der Waals surface area (Å²) in [5.41, 5.74) is 0. The lowest BCUT2D eigenvalue weighted by Crippen LogP contribution is -2.30. The lowest BCUT2D eigenvalue weighted by molar-refractivity contribution is -0.161. The molecular formula is C68H121O11P. The van der Waals surface area contributed by atoms with E-state index in [1.54, 1.807) is 0 Å². The summed E-state index contributed by atoms with van der Waals surface area (Å²) < 4.78 is 39.7. The Morgan fingerprint density at radius 2 is 0.613 bits per heavy atom. The van der Waals surface area contributed by atoms with Crippen molar-refractivity contribution in [3.05, 3.63) is 72.9 Å². The van der Waals surface area contributed by atoms with Crippen molar-refractivity contribution in [3.8, 4) is 0 Å². The number of esters is 3. The molecule has 0 bridgehead atoms. The van der Waals surface area contributed by atoms with E-state index in [-0.39, 0.29) is 25.9 Å². The van der Waals surface area contributed by atoms with Crippen LogP contribution in [0.15, 0.2) is 72.9 Å². The topological polar surface area (TPSA) is 155 Å². The predicted molar refractivity (Wildman–Crippen MR) is 335 cm³/mol. The highest BCUT2D eigenvalue weighted by atomic mass is 31.2. The molecule has 0 radical (unpaired) electrons. The van der Waals surface area contributed by atoms with Crippen molar-refractivity contribution >= 4 is 25.7 Å². The van der Waals surface area contributed by atoms with Crippen LogP contribution in [0.2, 0.25) is 0 Å². The highest BCUT2D eigenvalue weighted by Gasteiger charge is 2.28. The first-order chi connectivity index (χ1) is 39.2. The van der Waals surface area contributed by atoms with E-state index >= 15 is 0 Å². The highest BCUT2D eigenvalue weighted by Crippen LogP contribution is 2.43. The van der Waals surface area contributed by atoms with Crippen molar-refractivity contribution in [2.45, 2.75) is 315 Å². The first-order valence-corrected chi connectivity index (χ1v) is 34.3. The molecule has 2 N–H and O–H groups in total. The number of hydrogen-bond acceptors (Lipinski definition) is 10. The van der Waals surface area contributed by atoms with Gasteiger partial charge in [0.2, 0.25) is 0 Å². The summed E-state index contributed by atoms with van der Waals surface area (Å²) in [4.78, 5) is 48.8. The van der Waals surface area contributed by atoms with Crippen LogP contribution in [0.3, 0.4) is 0 Å². The van der Waals surface area contributed by atoms with Crippen molar-refractivity contribution in [3.63, 3.8) is 0 Å². The van der Waals surface area contributed by atoms with Gasteiger partial charge in [-0.15, -0.1) is 0 Å². The number of phosphoric ester groups is 1. The monoisotopic (exact) mass is 1140 g/mol. The number of aliphatic hydroxyl groups is 1. The zero-order valence-electron chi connectivity index (χ0n) is 51.5. The fraction of sp³-hybridized carbons (Fsp3) is 0.779. The predicted octanol–water partition coefficient (Wildman–Crippen LogP) is 20.0. The summed E-state index contributed by atoms with van der Waals surface area (Å²) in [5, 5.41) is 9.86. The Morgan fingerprint density at radius 3 is 0.963 bits per heavy atom. The van der Waals surface area contributed by atoms with E-state index in [2.05, 4.69) is 93.7 Å². The standard InChI is InChI=1S/C68H121O11P/c1-4-7-10-13-16-19-22-25-28-30-32-34-37-40-43-46-49-52-55-58-67(71)78-64(60-69)62-76-80(73,74)77-63-65(61-75-66(70)57-54-51-48-45-42-39-36-27-24-21-18-15-12-9-6-3)79-68(72)59-56-53-50-47-44-41-38-35-33-31-29-26-23-20-17-14-11-8-5-2/h16-17,19-20,25-26,28-29,32-35,64-65,69H,4-15,18,21-24,27,30-31,36-63H2,1-3H3,(H,73,74)/b19-16-,20-17-,28-25-,29-26-,34-32-,35-33-. The second-order valence-corrected chi connectivity index (χ2v) is 23.4. The first kappa shape index (κ1) is 76.9. The van der Waals surface area contributed by atoms with Gasteiger partial charge in [-0.25, -0.2) is 4.57 Å². The number of hydrogen-bond donors (Lipinski definition) is 2. The number of rotatable bonds is 61. The fourth-order valence-corrected chi connectivity index (χ4v) is 9.86. The minimum Gasteiger partial charge on any atom is -0.462 e. The van der Waals surface area contributed by atoms with Crippen LogP contribution in [0.5, 0.6) is 0 Å². The molecule has 0 aromatic carbocycles. The molecule has 0 aromatic heterocycles. The molecule has 464 valence electrons. The number of carbonyl (C=O) groups is 3. The van der Waals surface area contributed by atoms with Crippen LogP contribution < -0.4 is 0 Å². The molecule has 0 spiro atoms. The van der Waals surface area contributed by atoms with E-state index in [4.69, 9.17) is 23.3 Å². The minimum absolute atomic E-state index is 0.152. The molecule has 3 atom stereocenters. The van der Waals surface area contributed by atoms with Gasteiger partial charge in [0.05, 0.1) is 19.8 Å². The third-order valence-corrected chi connectivity index (χ3v) is 15.1. The molecule has 0 fully saturated rings. The van der Waals surface area contributed by atoms with Gasteiger partial charge in [0.15, 0.2) is 6.10 Å². The second-order valence-electron chi connectivity index (χ2n) is 21.9. The summed E-state index contributed by atoms with van der Waals surface area (Å²) in [7, 11) is -4.76. The molecule has 0 aliphatic heterocycles. The second kappa shape index (κ2) is 62.0. The van der Waals surface area contributed by atoms with Gasteiger partial charge < -0.3 is 24.2 Å². The molecule has 11 nitrogen and oxygen atoms in total. The molecule has 0 rings (SSSR count). The van der Waals surface area contributed by atoms with Gasteiger partial charge in [0, 0.05) is 19.3 Å². The Kier molecular flexibility index (Phi) is 59.6. The Bertz CT molecular complexity index is 1620. The van der Waals surface area contributed by atoms with E-state index in [1.165, 1.54) is 122 Å². The molecule has 0 saturated heterocycles. The van der Waals surface area contributed by atoms with Gasteiger partial charge in [-0.05, 0) is 96.3 Å². The lowest BCUT2D eigenvalue weighted by Gasteiger charge is -2.21. The number of allylic oxidation sites excluding steroid dienone is 12. The molecule has 0 heterocycles. The first-order valence-electron chi connectivity index (χ1n) is 32.8. The highest BCUT2D eigenvalue weighted by molar-refractivity contribution is 7.47. The van der Waals surface area contributed by atoms with Gasteiger partial charge >= 0.3 is 25.7 Å². The quantitative estimate of drug-likeness (QED) is 0.0197. The number of unbranched alkanes of at least 4 members (excludes halogenated alkanes) is 32. The van der Waals surface area contributed by atoms with Crippen LogP contribution in [0.1, 0.15) is 303 Å². The molecule has 0 aliphatic rings. The zero-order chi connectivity index (χ0) is 58.3. The van der Waals surface area contributed by atoms with Gasteiger partial charge in [-0.1, -0.05) is 261 Å². The van der Waals surface area contributed by atoms with Crippen LogP contribution in [0.25, 0.3) is 0 Å². The number of phosphoric acid groups is 1. The summed E-state index contributed by atoms with van der Waals surface area (Å²) in [5.74, 6) is -1.48. The number of aliphatic hydroxyl groups excluding tert-OH is 1. The van der Waals surface area contributed by atoms with Gasteiger partial charge in [-0.3, -0.25) is 23.4 Å². The Balaban J connectivity index is 4.70. The van der Waals surface area contributed by atoms with E-state index in [0.29, 0.717) is 19.3 Å². The summed E-state index contributed by atoms with van der Waals surface area (Å²) in [6, 6.07) is 0. The maximum Gasteiger partial charge on any atom is 0.472 e. The van der Waals surface area contributed by atoms with Gasteiger partial charge in [0.25, 0.3) is 0 Å². The van der Waals surface area contributed by atoms with Gasteiger partial charge in [0.1, 0.15) is 12.7 Å². The summed E-state index contributed by atoms with van der Waals surface area (Å²) in [6.07, 6.45) is 71.3. The fourth-order valence-electron chi connectivity index (χ4n) is 9.08. The van der Waals surface area contributed by atoms with Crippen molar-refractivity contribution in [1.82, 2.24) is 0 Å². The average molecular weight is 1150 g/mol. The van der Waals surface area contributed by atoms with E-state index in [0.717, 1.165) is 122 Å². The summed E-state index contributed by atoms with van der Waals surface area (Å²) in [6.45, 7) is 4.61. The summed E-state index contributed by atoms with van der Waals surface area (Å²) >= 11 is 0. The van der Waals surface area contributed by atoms with Crippen molar-refractivity contribution in [2.75, 3.05) is 26.4 Å². The normalized spacial score (nSPS) is 13.7. The van der Waals surface area contributed by atoms with Crippen molar-refractivity contribution in [1.29, 1.82) is 0 Å². The van der Waals surface area contributed by atoms with Crippen molar-refractivity contribution in [2.24, 2.45) is 0 Å². The number of ether oxygens (including phenoxy) is 3. The molecule has 0 amide bonds. The van der Waals surface area contributed by atoms with E-state index < -0.39 is 57.8 Å². The van der Waals surface area contributed by atoms with Gasteiger partial charge in [-0.2, -0.15) is 0 Å². The van der Waals surface area contributed by atoms with Crippen LogP contribution in [-0.4, -0.2) is 66.5 Å². The zero-order valence-corrected chi connectivity index (χ0v) is 52.4. The maximum absolute atomic E-state index is 13.0. The third kappa shape index (κ3) is 59.5. The average Bonchev–Trinajstić information content (AvgIpc) is 3.45. The molecule has 0 aliphatic carbocycles. The SMILES string of the molecule is CCCCC/C=C\C/C=C\C/C=C\CCCCCCCCC(=O)OC(CO)COP(=O)(O)OCC(COC(=O)CCCCCCCCCCCCCCCCC)OC(=O)CCCCCCCC/C=C\C/C=C\C/C=C\CCCCC.